The second-order valence-corrected chi connectivity index (χ2v) is 3.90. The van der Waals surface area contributed by atoms with Crippen molar-refractivity contribution in [2.45, 2.75) is 12.5 Å². The highest BCUT2D eigenvalue weighted by Crippen LogP contribution is 2.29. The van der Waals surface area contributed by atoms with E-state index in [2.05, 4.69) is 0 Å². The van der Waals surface area contributed by atoms with Gasteiger partial charge < -0.3 is 10.5 Å². The number of nitrogens with two attached hydrogens (primary N) is 1. The van der Waals surface area contributed by atoms with Crippen LogP contribution in [0, 0.1) is 0 Å². The molecule has 1 rings (SSSR count). The van der Waals surface area contributed by atoms with Gasteiger partial charge in [-0.15, -0.1) is 0 Å². The Bertz CT molecular complexity index is 368. The van der Waals surface area contributed by atoms with Crippen molar-refractivity contribution in [1.29, 1.82) is 0 Å². The van der Waals surface area contributed by atoms with Gasteiger partial charge in [-0.2, -0.15) is 0 Å². The van der Waals surface area contributed by atoms with Crippen LogP contribution in [0.4, 0.5) is 0 Å². The molecule has 82 valence electrons. The number of amides is 1. The number of carbonyl (C=O) groups excluding carboxylic acids is 1. The van der Waals surface area contributed by atoms with Crippen molar-refractivity contribution in [3.8, 4) is 0 Å². The molecule has 0 fully saturated rings. The van der Waals surface area contributed by atoms with E-state index in [1.54, 1.807) is 18.2 Å². The fraction of sp³-hybridized carbons (Fsp3) is 0.300. The van der Waals surface area contributed by atoms with Crippen molar-refractivity contribution in [1.82, 2.24) is 0 Å². The van der Waals surface area contributed by atoms with Crippen LogP contribution in [-0.2, 0) is 9.53 Å². The molecule has 0 bridgehead atoms. The topological polar surface area (TPSA) is 52.3 Å². The van der Waals surface area contributed by atoms with Crippen molar-refractivity contribution in [3.63, 3.8) is 0 Å². The first kappa shape index (κ1) is 12.3. The molecular weight excluding hydrogens is 237 g/mol. The first-order valence-electron chi connectivity index (χ1n) is 4.30. The third-order valence-corrected chi connectivity index (χ3v) is 2.54. The van der Waals surface area contributed by atoms with Crippen LogP contribution in [0.25, 0.3) is 0 Å². The molecule has 0 heterocycles. The number of halogens is 2. The largest absolute Gasteiger partial charge is 0.376 e. The van der Waals surface area contributed by atoms with Crippen molar-refractivity contribution < 1.29 is 9.53 Å². The maximum Gasteiger partial charge on any atom is 0.220 e. The quantitative estimate of drug-likeness (QED) is 0.890. The average molecular weight is 248 g/mol. The van der Waals surface area contributed by atoms with E-state index in [4.69, 9.17) is 33.7 Å². The van der Waals surface area contributed by atoms with Gasteiger partial charge in [-0.05, 0) is 17.7 Å². The van der Waals surface area contributed by atoms with Crippen molar-refractivity contribution >= 4 is 29.1 Å². The Morgan fingerprint density at radius 3 is 2.67 bits per heavy atom. The molecule has 0 spiro atoms. The van der Waals surface area contributed by atoms with Crippen LogP contribution in [0.1, 0.15) is 18.1 Å². The molecule has 2 N–H and O–H groups in total. The minimum atomic E-state index is -0.437. The molecule has 1 aromatic rings. The summed E-state index contributed by atoms with van der Waals surface area (Å²) in [7, 11) is 1.50. The lowest BCUT2D eigenvalue weighted by Gasteiger charge is -2.15. The van der Waals surface area contributed by atoms with Crippen LogP contribution >= 0.6 is 23.2 Å². The van der Waals surface area contributed by atoms with E-state index in [1.807, 2.05) is 0 Å². The van der Waals surface area contributed by atoms with Crippen molar-refractivity contribution in [3.05, 3.63) is 33.8 Å². The molecule has 0 aliphatic heterocycles. The maximum atomic E-state index is 10.8. The summed E-state index contributed by atoms with van der Waals surface area (Å²) in [4.78, 5) is 10.8. The summed E-state index contributed by atoms with van der Waals surface area (Å²) in [6.07, 6.45) is -0.329. The van der Waals surface area contributed by atoms with E-state index in [0.717, 1.165) is 0 Å². The van der Waals surface area contributed by atoms with Gasteiger partial charge in [-0.3, -0.25) is 4.79 Å². The number of hydrogen-bond acceptors (Lipinski definition) is 2. The van der Waals surface area contributed by atoms with Crippen LogP contribution in [0.15, 0.2) is 18.2 Å². The van der Waals surface area contributed by atoms with Gasteiger partial charge in [0, 0.05) is 17.2 Å². The van der Waals surface area contributed by atoms with E-state index in [0.29, 0.717) is 15.6 Å². The number of hydrogen-bond donors (Lipinski definition) is 1. The monoisotopic (exact) mass is 247 g/mol. The fourth-order valence-electron chi connectivity index (χ4n) is 1.27. The smallest absolute Gasteiger partial charge is 0.220 e. The average Bonchev–Trinajstić information content (AvgIpc) is 2.14. The highest BCUT2D eigenvalue weighted by atomic mass is 35.5. The number of methoxy groups -OCH3 is 1. The molecule has 15 heavy (non-hydrogen) atoms. The maximum absolute atomic E-state index is 10.8. The summed E-state index contributed by atoms with van der Waals surface area (Å²) >= 11 is 11.7. The first-order valence-corrected chi connectivity index (χ1v) is 5.06. The Balaban J connectivity index is 2.96. The van der Waals surface area contributed by atoms with Crippen LogP contribution < -0.4 is 5.73 Å². The highest BCUT2D eigenvalue weighted by molar-refractivity contribution is 6.35. The zero-order valence-electron chi connectivity index (χ0n) is 8.17. The summed E-state index contributed by atoms with van der Waals surface area (Å²) in [5, 5.41) is 1.01. The Morgan fingerprint density at radius 1 is 1.53 bits per heavy atom. The Labute approximate surface area is 98.1 Å². The molecule has 0 aliphatic rings. The minimum absolute atomic E-state index is 0.0951. The molecule has 1 aromatic carbocycles. The van der Waals surface area contributed by atoms with E-state index < -0.39 is 12.0 Å². The number of carbonyl (C=O) groups is 1. The molecular formula is C10H11Cl2NO2. The van der Waals surface area contributed by atoms with Crippen LogP contribution in [0.3, 0.4) is 0 Å². The summed E-state index contributed by atoms with van der Waals surface area (Å²) < 4.78 is 5.14. The Morgan fingerprint density at radius 2 is 2.20 bits per heavy atom. The van der Waals surface area contributed by atoms with E-state index in [-0.39, 0.29) is 6.42 Å². The third-order valence-electron chi connectivity index (χ3n) is 1.98. The molecule has 0 saturated heterocycles. The molecule has 5 heteroatoms. The first-order chi connectivity index (χ1) is 7.04. The van der Waals surface area contributed by atoms with Gasteiger partial charge in [-0.25, -0.2) is 0 Å². The zero-order chi connectivity index (χ0) is 11.4. The molecule has 1 amide bonds. The number of rotatable bonds is 4. The Kier molecular flexibility index (Phi) is 4.39. The van der Waals surface area contributed by atoms with Crippen molar-refractivity contribution in [2.24, 2.45) is 5.73 Å². The van der Waals surface area contributed by atoms with Gasteiger partial charge in [0.25, 0.3) is 0 Å². The van der Waals surface area contributed by atoms with Crippen molar-refractivity contribution in [2.75, 3.05) is 7.11 Å². The van der Waals surface area contributed by atoms with Gasteiger partial charge >= 0.3 is 0 Å². The number of ether oxygens (including phenoxy) is 1. The lowest BCUT2D eigenvalue weighted by atomic mass is 10.1. The molecule has 0 aliphatic carbocycles. The second-order valence-electron chi connectivity index (χ2n) is 3.06. The SMILES string of the molecule is CO[C@H](CC(N)=O)c1ccc(Cl)cc1Cl. The lowest BCUT2D eigenvalue weighted by Crippen LogP contribution is -2.16. The predicted molar refractivity (Wildman–Crippen MR) is 60.0 cm³/mol. The van der Waals surface area contributed by atoms with Crippen LogP contribution in [0.5, 0.6) is 0 Å². The van der Waals surface area contributed by atoms with Gasteiger partial charge in [0.1, 0.15) is 0 Å². The summed E-state index contributed by atoms with van der Waals surface area (Å²) in [6, 6.07) is 5.02. The molecule has 1 atom stereocenters. The summed E-state index contributed by atoms with van der Waals surface area (Å²) in [6.45, 7) is 0. The molecule has 0 unspecified atom stereocenters. The lowest BCUT2D eigenvalue weighted by molar-refractivity contribution is -0.120. The van der Waals surface area contributed by atoms with Gasteiger partial charge in [0.05, 0.1) is 12.5 Å². The number of benzene rings is 1. The second kappa shape index (κ2) is 5.35. The van der Waals surface area contributed by atoms with E-state index >= 15 is 0 Å². The number of primary amides is 1. The van der Waals surface area contributed by atoms with Crippen LogP contribution in [0.2, 0.25) is 10.0 Å². The fourth-order valence-corrected chi connectivity index (χ4v) is 1.80. The summed E-state index contributed by atoms with van der Waals surface area (Å²) in [5.41, 5.74) is 5.81. The van der Waals surface area contributed by atoms with E-state index in [9.17, 15) is 4.79 Å². The van der Waals surface area contributed by atoms with E-state index in [1.165, 1.54) is 7.11 Å². The normalized spacial score (nSPS) is 12.5. The standard InChI is InChI=1S/C10H11Cl2NO2/c1-15-9(5-10(13)14)7-3-2-6(11)4-8(7)12/h2-4,9H,5H2,1H3,(H2,13,14)/t9-/m1/s1. The van der Waals surface area contributed by atoms with Crippen LogP contribution in [-0.4, -0.2) is 13.0 Å². The Hall–Kier alpha value is -0.770. The highest BCUT2D eigenvalue weighted by Gasteiger charge is 2.16. The van der Waals surface area contributed by atoms with Gasteiger partial charge in [-0.1, -0.05) is 29.3 Å². The molecule has 0 saturated carbocycles. The minimum Gasteiger partial charge on any atom is -0.376 e. The molecule has 0 radical (unpaired) electrons. The predicted octanol–water partition coefficient (Wildman–Crippen LogP) is 2.56. The van der Waals surface area contributed by atoms with Gasteiger partial charge in [0.2, 0.25) is 5.91 Å². The summed E-state index contributed by atoms with van der Waals surface area (Å²) in [5.74, 6) is -0.437. The molecule has 3 nitrogen and oxygen atoms in total. The third kappa shape index (κ3) is 3.38. The zero-order valence-corrected chi connectivity index (χ0v) is 9.68. The van der Waals surface area contributed by atoms with Gasteiger partial charge in [0.15, 0.2) is 0 Å². The molecule has 0 aromatic heterocycles.